The summed E-state index contributed by atoms with van der Waals surface area (Å²) in [7, 11) is 0. The summed E-state index contributed by atoms with van der Waals surface area (Å²) in [4.78, 5) is 13.1. The minimum absolute atomic E-state index is 0.0986. The van der Waals surface area contributed by atoms with Crippen LogP contribution in [0.1, 0.15) is 0 Å². The van der Waals surface area contributed by atoms with Crippen LogP contribution in [0.4, 0.5) is 0 Å². The van der Waals surface area contributed by atoms with Gasteiger partial charge in [-0.15, -0.1) is 0 Å². The van der Waals surface area contributed by atoms with Crippen LogP contribution in [0.2, 0.25) is 0 Å². The standard InChI is InChI=1S/C9H6OSe2/c10-9-11-6-8(12-9)7-4-2-1-3-5-7/h1-6H. The van der Waals surface area contributed by atoms with E-state index in [2.05, 4.69) is 17.1 Å². The second-order valence-corrected chi connectivity index (χ2v) is 7.52. The van der Waals surface area contributed by atoms with Crippen LogP contribution in [0.5, 0.6) is 0 Å². The van der Waals surface area contributed by atoms with Gasteiger partial charge in [0.2, 0.25) is 0 Å². The summed E-state index contributed by atoms with van der Waals surface area (Å²) in [5.41, 5.74) is 1.23. The first-order chi connectivity index (χ1) is 5.86. The Balaban J connectivity index is 2.51. The van der Waals surface area contributed by atoms with E-state index in [1.807, 2.05) is 18.2 Å². The van der Waals surface area contributed by atoms with E-state index in [9.17, 15) is 4.79 Å². The van der Waals surface area contributed by atoms with Gasteiger partial charge >= 0.3 is 82.3 Å². The Labute approximate surface area is 82.2 Å². The van der Waals surface area contributed by atoms with E-state index in [1.54, 1.807) is 0 Å². The third-order valence-corrected chi connectivity index (χ3v) is 6.93. The molecule has 1 heterocycles. The summed E-state index contributed by atoms with van der Waals surface area (Å²) in [5.74, 6) is 0. The van der Waals surface area contributed by atoms with Gasteiger partial charge in [0, 0.05) is 0 Å². The molecule has 0 fully saturated rings. The summed E-state index contributed by atoms with van der Waals surface area (Å²) in [6.45, 7) is 0. The van der Waals surface area contributed by atoms with Crippen LogP contribution < -0.4 is 3.18 Å². The average molecular weight is 288 g/mol. The number of benzene rings is 1. The van der Waals surface area contributed by atoms with Crippen LogP contribution >= 0.6 is 0 Å². The van der Waals surface area contributed by atoms with Gasteiger partial charge in [0.25, 0.3) is 0 Å². The van der Waals surface area contributed by atoms with Crippen molar-refractivity contribution < 1.29 is 0 Å². The molecular formula is C9H6OSe2. The molecule has 0 aliphatic rings. The van der Waals surface area contributed by atoms with Crippen molar-refractivity contribution in [3.8, 4) is 10.0 Å². The molecular weight excluding hydrogens is 282 g/mol. The molecule has 0 saturated carbocycles. The van der Waals surface area contributed by atoms with Crippen molar-refractivity contribution in [3.05, 3.63) is 43.2 Å². The van der Waals surface area contributed by atoms with Gasteiger partial charge in [0.05, 0.1) is 0 Å². The van der Waals surface area contributed by atoms with Gasteiger partial charge in [0.1, 0.15) is 0 Å². The molecule has 0 amide bonds. The first-order valence-electron chi connectivity index (χ1n) is 3.50. The Morgan fingerprint density at radius 1 is 1.08 bits per heavy atom. The van der Waals surface area contributed by atoms with Crippen molar-refractivity contribution in [1.29, 1.82) is 0 Å². The van der Waals surface area contributed by atoms with E-state index in [4.69, 9.17) is 0 Å². The molecule has 0 unspecified atom stereocenters. The molecule has 60 valence electrons. The molecule has 1 nitrogen and oxygen atoms in total. The number of hydrogen-bond acceptors (Lipinski definition) is 1. The van der Waals surface area contributed by atoms with Crippen LogP contribution in [0.15, 0.2) is 40.1 Å². The topological polar surface area (TPSA) is 17.1 Å². The van der Waals surface area contributed by atoms with Crippen LogP contribution in [-0.4, -0.2) is 29.0 Å². The molecule has 0 spiro atoms. The van der Waals surface area contributed by atoms with Crippen molar-refractivity contribution in [2.75, 3.05) is 0 Å². The van der Waals surface area contributed by atoms with Crippen molar-refractivity contribution in [1.82, 2.24) is 0 Å². The second kappa shape index (κ2) is 3.59. The van der Waals surface area contributed by atoms with Crippen molar-refractivity contribution in [2.24, 2.45) is 0 Å². The Kier molecular flexibility index (Phi) is 2.48. The molecule has 12 heavy (non-hydrogen) atoms. The third-order valence-electron chi connectivity index (χ3n) is 1.51. The Morgan fingerprint density at radius 2 is 1.83 bits per heavy atom. The monoisotopic (exact) mass is 290 g/mol. The Bertz CT molecular complexity index is 413. The van der Waals surface area contributed by atoms with Gasteiger partial charge in [-0.05, 0) is 0 Å². The van der Waals surface area contributed by atoms with E-state index in [1.165, 1.54) is 10.0 Å². The molecule has 0 atom stereocenters. The summed E-state index contributed by atoms with van der Waals surface area (Å²) < 4.78 is 1.72. The molecule has 0 bridgehead atoms. The predicted octanol–water partition coefficient (Wildman–Crippen LogP) is 0.828. The van der Waals surface area contributed by atoms with E-state index in [-0.39, 0.29) is 29.0 Å². The SMILES string of the molecule is O=c1[se]cc(-c2ccccc2)[se]1. The molecule has 2 rings (SSSR count). The van der Waals surface area contributed by atoms with Gasteiger partial charge in [-0.1, -0.05) is 0 Å². The normalized spacial score (nSPS) is 10.0. The fourth-order valence-corrected chi connectivity index (χ4v) is 5.87. The van der Waals surface area contributed by atoms with Gasteiger partial charge in [0.15, 0.2) is 0 Å². The fraction of sp³-hybridized carbons (Fsp3) is 0. The zero-order valence-corrected chi connectivity index (χ0v) is 9.61. The van der Waals surface area contributed by atoms with E-state index >= 15 is 0 Å². The molecule has 0 saturated heterocycles. The van der Waals surface area contributed by atoms with E-state index < -0.39 is 0 Å². The minimum atomic E-state index is 0.0986. The zero-order valence-electron chi connectivity index (χ0n) is 6.19. The quantitative estimate of drug-likeness (QED) is 0.710. The predicted molar refractivity (Wildman–Crippen MR) is 52.0 cm³/mol. The number of rotatable bonds is 1. The zero-order chi connectivity index (χ0) is 8.39. The van der Waals surface area contributed by atoms with Crippen molar-refractivity contribution >= 4 is 29.0 Å². The molecule has 1 aromatic carbocycles. The molecule has 1 aromatic heterocycles. The van der Waals surface area contributed by atoms with Crippen LogP contribution in [0, 0.1) is 0 Å². The molecule has 3 heteroatoms. The van der Waals surface area contributed by atoms with Crippen molar-refractivity contribution in [3.63, 3.8) is 0 Å². The fourth-order valence-electron chi connectivity index (χ4n) is 0.969. The van der Waals surface area contributed by atoms with E-state index in [0.29, 0.717) is 3.18 Å². The maximum atomic E-state index is 11.0. The Morgan fingerprint density at radius 3 is 2.42 bits per heavy atom. The summed E-state index contributed by atoms with van der Waals surface area (Å²) in [6.07, 6.45) is 0. The summed E-state index contributed by atoms with van der Waals surface area (Å²) in [6, 6.07) is 10.2. The van der Waals surface area contributed by atoms with Gasteiger partial charge in [-0.3, -0.25) is 0 Å². The molecule has 0 aliphatic carbocycles. The number of hydrogen-bond donors (Lipinski definition) is 0. The first kappa shape index (κ1) is 8.28. The molecule has 2 aromatic rings. The molecule has 0 aliphatic heterocycles. The molecule has 0 N–H and O–H groups in total. The van der Waals surface area contributed by atoms with Gasteiger partial charge in [-0.2, -0.15) is 0 Å². The van der Waals surface area contributed by atoms with Crippen LogP contribution in [0.3, 0.4) is 0 Å². The van der Waals surface area contributed by atoms with E-state index in [0.717, 1.165) is 0 Å². The molecule has 0 radical (unpaired) electrons. The average Bonchev–Trinajstić information content (AvgIpc) is 2.54. The van der Waals surface area contributed by atoms with Gasteiger partial charge < -0.3 is 0 Å². The maximum absolute atomic E-state index is 11.0. The Hall–Kier alpha value is -0.331. The second-order valence-electron chi connectivity index (χ2n) is 2.32. The summed E-state index contributed by atoms with van der Waals surface area (Å²) >= 11 is 0.229. The third kappa shape index (κ3) is 1.70. The van der Waals surface area contributed by atoms with Crippen LogP contribution in [-0.2, 0) is 0 Å². The van der Waals surface area contributed by atoms with Crippen molar-refractivity contribution in [2.45, 2.75) is 0 Å². The first-order valence-corrected chi connectivity index (χ1v) is 7.06. The summed E-state index contributed by atoms with van der Waals surface area (Å²) in [5, 5.41) is 0. The van der Waals surface area contributed by atoms with Crippen LogP contribution in [0.25, 0.3) is 10.0 Å². The van der Waals surface area contributed by atoms with Gasteiger partial charge in [-0.25, -0.2) is 0 Å².